The third-order valence-electron chi connectivity index (χ3n) is 7.10. The maximum Gasteiger partial charge on any atom is 0.305 e. The topological polar surface area (TPSA) is 52.6 Å². The van der Waals surface area contributed by atoms with E-state index in [4.69, 9.17) is 9.47 Å². The zero-order valence-corrected chi connectivity index (χ0v) is 26.4. The fourth-order valence-electron chi connectivity index (χ4n) is 4.46. The minimum Gasteiger partial charge on any atom is -0.466 e. The number of hydrogen-bond acceptors (Lipinski definition) is 4. The maximum atomic E-state index is 10.9. The number of carbonyl (C=O) groups is 2. The van der Waals surface area contributed by atoms with Gasteiger partial charge >= 0.3 is 11.9 Å². The highest BCUT2D eigenvalue weighted by atomic mass is 16.5. The Balaban J connectivity index is 0. The Labute approximate surface area is 238 Å². The SMILES string of the molecule is CCCCCCCCCCCCCCOC(=O)CC.CCCCCCCCCCCCCCOC(=O)CC. The van der Waals surface area contributed by atoms with Crippen molar-refractivity contribution in [2.75, 3.05) is 13.2 Å². The lowest BCUT2D eigenvalue weighted by molar-refractivity contribution is -0.144. The van der Waals surface area contributed by atoms with E-state index in [0.717, 1.165) is 12.8 Å². The molecular weight excluding hydrogens is 472 g/mol. The van der Waals surface area contributed by atoms with Gasteiger partial charge in [0.15, 0.2) is 0 Å². The van der Waals surface area contributed by atoms with Crippen molar-refractivity contribution in [2.45, 2.75) is 195 Å². The van der Waals surface area contributed by atoms with Gasteiger partial charge in [-0.25, -0.2) is 0 Å². The second-order valence-electron chi connectivity index (χ2n) is 10.9. The number of hydrogen-bond donors (Lipinski definition) is 0. The normalized spacial score (nSPS) is 10.6. The van der Waals surface area contributed by atoms with Crippen molar-refractivity contribution >= 4 is 11.9 Å². The van der Waals surface area contributed by atoms with E-state index in [1.165, 1.54) is 141 Å². The Kier molecular flexibility index (Phi) is 37.0. The predicted octanol–water partition coefficient (Wildman–Crippen LogP) is 11.3. The summed E-state index contributed by atoms with van der Waals surface area (Å²) in [6.45, 7) is 9.44. The van der Waals surface area contributed by atoms with Crippen LogP contribution in [0.1, 0.15) is 195 Å². The number of ether oxygens (including phenoxy) is 2. The molecule has 0 aliphatic heterocycles. The molecule has 0 unspecified atom stereocenters. The van der Waals surface area contributed by atoms with Gasteiger partial charge < -0.3 is 9.47 Å². The van der Waals surface area contributed by atoms with Gasteiger partial charge in [-0.3, -0.25) is 9.59 Å². The number of rotatable bonds is 28. The summed E-state index contributed by atoms with van der Waals surface area (Å²) in [7, 11) is 0. The molecule has 0 atom stereocenters. The van der Waals surface area contributed by atoms with Crippen LogP contribution in [0.5, 0.6) is 0 Å². The molecule has 38 heavy (non-hydrogen) atoms. The van der Waals surface area contributed by atoms with E-state index in [1.807, 2.05) is 13.8 Å². The van der Waals surface area contributed by atoms with Crippen molar-refractivity contribution in [1.29, 1.82) is 0 Å². The van der Waals surface area contributed by atoms with Crippen LogP contribution in [-0.2, 0) is 19.1 Å². The lowest BCUT2D eigenvalue weighted by Crippen LogP contribution is -2.03. The standard InChI is InChI=1S/2C17H34O2/c2*1-3-5-6-7-8-9-10-11-12-13-14-15-16-19-17(18)4-2/h2*3-16H2,1-2H3. The van der Waals surface area contributed by atoms with E-state index in [1.54, 1.807) is 0 Å². The zero-order chi connectivity index (χ0) is 28.4. The molecular formula is C34H68O4. The van der Waals surface area contributed by atoms with Crippen LogP contribution in [0.4, 0.5) is 0 Å². The highest BCUT2D eigenvalue weighted by Crippen LogP contribution is 2.13. The van der Waals surface area contributed by atoms with Crippen LogP contribution in [0.3, 0.4) is 0 Å². The van der Waals surface area contributed by atoms with Crippen LogP contribution in [0.25, 0.3) is 0 Å². The van der Waals surface area contributed by atoms with Crippen molar-refractivity contribution in [1.82, 2.24) is 0 Å². The molecule has 0 heterocycles. The van der Waals surface area contributed by atoms with Crippen molar-refractivity contribution in [2.24, 2.45) is 0 Å². The Morgan fingerprint density at radius 3 is 0.763 bits per heavy atom. The van der Waals surface area contributed by atoms with Gasteiger partial charge in [0, 0.05) is 12.8 Å². The smallest absolute Gasteiger partial charge is 0.305 e. The molecule has 0 radical (unpaired) electrons. The molecule has 0 saturated heterocycles. The summed E-state index contributed by atoms with van der Waals surface area (Å²) in [5.41, 5.74) is 0. The highest BCUT2D eigenvalue weighted by molar-refractivity contribution is 5.69. The molecule has 0 aliphatic rings. The van der Waals surface area contributed by atoms with Gasteiger partial charge in [0.25, 0.3) is 0 Å². The van der Waals surface area contributed by atoms with E-state index >= 15 is 0 Å². The Hall–Kier alpha value is -1.06. The summed E-state index contributed by atoms with van der Waals surface area (Å²) in [5, 5.41) is 0. The van der Waals surface area contributed by atoms with Crippen LogP contribution in [0, 0.1) is 0 Å². The second kappa shape index (κ2) is 35.9. The number of carbonyl (C=O) groups excluding carboxylic acids is 2. The van der Waals surface area contributed by atoms with E-state index in [2.05, 4.69) is 13.8 Å². The summed E-state index contributed by atoms with van der Waals surface area (Å²) in [4.78, 5) is 21.8. The molecule has 0 rings (SSSR count). The lowest BCUT2D eigenvalue weighted by atomic mass is 10.1. The van der Waals surface area contributed by atoms with Gasteiger partial charge in [-0.1, -0.05) is 169 Å². The van der Waals surface area contributed by atoms with E-state index in [9.17, 15) is 9.59 Å². The van der Waals surface area contributed by atoms with Crippen LogP contribution >= 0.6 is 0 Å². The van der Waals surface area contributed by atoms with Gasteiger partial charge in [-0.05, 0) is 12.8 Å². The van der Waals surface area contributed by atoms with Crippen LogP contribution in [0.15, 0.2) is 0 Å². The van der Waals surface area contributed by atoms with E-state index < -0.39 is 0 Å². The van der Waals surface area contributed by atoms with Gasteiger partial charge in [0.05, 0.1) is 13.2 Å². The van der Waals surface area contributed by atoms with Gasteiger partial charge in [-0.15, -0.1) is 0 Å². The summed E-state index contributed by atoms with van der Waals surface area (Å²) in [6, 6.07) is 0. The Bertz CT molecular complexity index is 421. The first-order chi connectivity index (χ1) is 18.6. The molecule has 0 aliphatic carbocycles. The third-order valence-corrected chi connectivity index (χ3v) is 7.10. The number of esters is 2. The molecule has 0 aromatic carbocycles. The van der Waals surface area contributed by atoms with Crippen molar-refractivity contribution in [3.63, 3.8) is 0 Å². The molecule has 0 bridgehead atoms. The first kappa shape index (κ1) is 39.1. The second-order valence-corrected chi connectivity index (χ2v) is 10.9. The minimum atomic E-state index is -0.0666. The Morgan fingerprint density at radius 2 is 0.553 bits per heavy atom. The fraction of sp³-hybridized carbons (Fsp3) is 0.941. The molecule has 0 aromatic rings. The van der Waals surface area contributed by atoms with Gasteiger partial charge in [0.1, 0.15) is 0 Å². The Morgan fingerprint density at radius 1 is 0.342 bits per heavy atom. The highest BCUT2D eigenvalue weighted by Gasteiger charge is 1.99. The molecule has 0 spiro atoms. The van der Waals surface area contributed by atoms with E-state index in [0.29, 0.717) is 26.1 Å². The van der Waals surface area contributed by atoms with Crippen LogP contribution < -0.4 is 0 Å². The molecule has 0 N–H and O–H groups in total. The molecule has 0 aromatic heterocycles. The van der Waals surface area contributed by atoms with Crippen molar-refractivity contribution in [3.05, 3.63) is 0 Å². The summed E-state index contributed by atoms with van der Waals surface area (Å²) in [6.07, 6.45) is 33.2. The lowest BCUT2D eigenvalue weighted by Gasteiger charge is -2.04. The first-order valence-corrected chi connectivity index (χ1v) is 16.9. The summed E-state index contributed by atoms with van der Waals surface area (Å²) < 4.78 is 10.1. The predicted molar refractivity (Wildman–Crippen MR) is 165 cm³/mol. The zero-order valence-electron chi connectivity index (χ0n) is 26.4. The quantitative estimate of drug-likeness (QED) is 0.0731. The summed E-state index contributed by atoms with van der Waals surface area (Å²) in [5.74, 6) is -0.133. The minimum absolute atomic E-state index is 0.0666. The monoisotopic (exact) mass is 541 g/mol. The average Bonchev–Trinajstić information content (AvgIpc) is 2.93. The molecule has 0 amide bonds. The fourth-order valence-corrected chi connectivity index (χ4v) is 4.46. The molecule has 4 nitrogen and oxygen atoms in total. The molecule has 228 valence electrons. The number of unbranched alkanes of at least 4 members (excludes halogenated alkanes) is 22. The maximum absolute atomic E-state index is 10.9. The van der Waals surface area contributed by atoms with Crippen molar-refractivity contribution < 1.29 is 19.1 Å². The van der Waals surface area contributed by atoms with E-state index in [-0.39, 0.29) is 11.9 Å². The van der Waals surface area contributed by atoms with Crippen molar-refractivity contribution in [3.8, 4) is 0 Å². The third kappa shape index (κ3) is 37.1. The largest absolute Gasteiger partial charge is 0.466 e. The average molecular weight is 541 g/mol. The summed E-state index contributed by atoms with van der Waals surface area (Å²) >= 11 is 0. The molecule has 4 heteroatoms. The van der Waals surface area contributed by atoms with Gasteiger partial charge in [-0.2, -0.15) is 0 Å². The molecule has 0 fully saturated rings. The first-order valence-electron chi connectivity index (χ1n) is 16.9. The van der Waals surface area contributed by atoms with Gasteiger partial charge in [0.2, 0.25) is 0 Å². The molecule has 0 saturated carbocycles. The van der Waals surface area contributed by atoms with Crippen LogP contribution in [0.2, 0.25) is 0 Å². The van der Waals surface area contributed by atoms with Crippen LogP contribution in [-0.4, -0.2) is 25.2 Å².